The summed E-state index contributed by atoms with van der Waals surface area (Å²) in [5.74, 6) is -1.54. The van der Waals surface area contributed by atoms with Gasteiger partial charge in [-0.25, -0.2) is 14.8 Å². The van der Waals surface area contributed by atoms with Crippen molar-refractivity contribution in [2.45, 2.75) is 20.8 Å². The highest BCUT2D eigenvalue weighted by Gasteiger charge is 2.27. The molecule has 0 aliphatic heterocycles. The van der Waals surface area contributed by atoms with E-state index in [-0.39, 0.29) is 5.82 Å². The second-order valence-corrected chi connectivity index (χ2v) is 4.00. The van der Waals surface area contributed by atoms with Gasteiger partial charge < -0.3 is 4.74 Å². The fourth-order valence-corrected chi connectivity index (χ4v) is 0.687. The summed E-state index contributed by atoms with van der Waals surface area (Å²) >= 11 is 0. The number of carbonyl (C=O) groups is 2. The Balaban J connectivity index is 2.70. The van der Waals surface area contributed by atoms with Gasteiger partial charge in [-0.2, -0.15) is 0 Å². The highest BCUT2D eigenvalue weighted by molar-refractivity contribution is 5.95. The molecule has 1 aromatic heterocycles. The van der Waals surface area contributed by atoms with Gasteiger partial charge in [0.05, 0.1) is 5.41 Å². The van der Waals surface area contributed by atoms with E-state index in [9.17, 15) is 9.59 Å². The van der Waals surface area contributed by atoms with Gasteiger partial charge in [0.25, 0.3) is 0 Å². The Hall–Kier alpha value is -1.78. The fourth-order valence-electron chi connectivity index (χ4n) is 0.687. The maximum atomic E-state index is 11.3. The Bertz CT molecular complexity index is 368. The van der Waals surface area contributed by atoms with Crippen molar-refractivity contribution in [2.75, 3.05) is 0 Å². The molecule has 0 radical (unpaired) electrons. The summed E-state index contributed by atoms with van der Waals surface area (Å²) < 4.78 is 4.60. The monoisotopic (exact) mass is 208 g/mol. The number of hydrogen-bond acceptors (Lipinski definition) is 5. The molecule has 0 aliphatic rings. The molecular weight excluding hydrogens is 196 g/mol. The number of rotatable bonds is 1. The fraction of sp³-hybridized carbons (Fsp3) is 0.400. The van der Waals surface area contributed by atoms with Crippen LogP contribution in [0.25, 0.3) is 0 Å². The van der Waals surface area contributed by atoms with Crippen molar-refractivity contribution in [2.24, 2.45) is 5.41 Å². The first-order valence-electron chi connectivity index (χ1n) is 4.45. The molecule has 1 heterocycles. The average molecular weight is 208 g/mol. The molecule has 0 bridgehead atoms. The smallest absolute Gasteiger partial charge is 0.384 e. The Morgan fingerprint density at radius 1 is 1.20 bits per heavy atom. The van der Waals surface area contributed by atoms with Crippen LogP contribution >= 0.6 is 0 Å². The zero-order valence-corrected chi connectivity index (χ0v) is 8.85. The molecule has 0 spiro atoms. The molecule has 0 unspecified atom stereocenters. The zero-order valence-electron chi connectivity index (χ0n) is 8.85. The normalized spacial score (nSPS) is 10.9. The van der Waals surface area contributed by atoms with Crippen LogP contribution in [-0.4, -0.2) is 21.9 Å². The standard InChI is InChI=1S/C10H12N2O3/c1-10(2,3)9(14)15-8(13)7-11-5-4-6-12-7/h4-6H,1-3H3. The Morgan fingerprint density at radius 2 is 1.73 bits per heavy atom. The molecule has 1 aromatic rings. The first-order chi connectivity index (χ1) is 6.91. The molecule has 80 valence electrons. The number of aromatic nitrogens is 2. The zero-order chi connectivity index (χ0) is 11.5. The van der Waals surface area contributed by atoms with E-state index in [1.165, 1.54) is 12.4 Å². The largest absolute Gasteiger partial charge is 0.387 e. The van der Waals surface area contributed by atoms with E-state index >= 15 is 0 Å². The Labute approximate surface area is 87.5 Å². The van der Waals surface area contributed by atoms with Crippen LogP contribution in [0.4, 0.5) is 0 Å². The molecule has 5 nitrogen and oxygen atoms in total. The van der Waals surface area contributed by atoms with Crippen molar-refractivity contribution in [1.29, 1.82) is 0 Å². The summed E-state index contributed by atoms with van der Waals surface area (Å²) in [4.78, 5) is 30.0. The first-order valence-corrected chi connectivity index (χ1v) is 4.45. The van der Waals surface area contributed by atoms with Crippen LogP contribution in [0.1, 0.15) is 31.4 Å². The topological polar surface area (TPSA) is 69.2 Å². The molecule has 0 fully saturated rings. The third-order valence-corrected chi connectivity index (χ3v) is 1.55. The lowest BCUT2D eigenvalue weighted by Crippen LogP contribution is -2.26. The van der Waals surface area contributed by atoms with Crippen LogP contribution in [0.5, 0.6) is 0 Å². The van der Waals surface area contributed by atoms with Crippen molar-refractivity contribution in [1.82, 2.24) is 9.97 Å². The summed E-state index contributed by atoms with van der Waals surface area (Å²) in [6.07, 6.45) is 2.82. The van der Waals surface area contributed by atoms with Crippen LogP contribution in [0.2, 0.25) is 0 Å². The lowest BCUT2D eigenvalue weighted by molar-refractivity contribution is -0.146. The van der Waals surface area contributed by atoms with Gasteiger partial charge in [-0.1, -0.05) is 0 Å². The van der Waals surface area contributed by atoms with Crippen molar-refractivity contribution < 1.29 is 14.3 Å². The molecule has 0 atom stereocenters. The van der Waals surface area contributed by atoms with E-state index in [0.717, 1.165) is 0 Å². The second-order valence-electron chi connectivity index (χ2n) is 4.00. The van der Waals surface area contributed by atoms with E-state index in [0.29, 0.717) is 0 Å². The number of nitrogens with zero attached hydrogens (tertiary/aromatic N) is 2. The van der Waals surface area contributed by atoms with Crippen LogP contribution in [0.3, 0.4) is 0 Å². The summed E-state index contributed by atoms with van der Waals surface area (Å²) in [7, 11) is 0. The Kier molecular flexibility index (Phi) is 3.14. The predicted molar refractivity (Wildman–Crippen MR) is 51.9 cm³/mol. The van der Waals surface area contributed by atoms with Crippen LogP contribution in [-0.2, 0) is 9.53 Å². The lowest BCUT2D eigenvalue weighted by Gasteiger charge is -2.14. The third-order valence-electron chi connectivity index (χ3n) is 1.55. The summed E-state index contributed by atoms with van der Waals surface area (Å²) in [6, 6.07) is 1.57. The molecule has 0 saturated heterocycles. The summed E-state index contributed by atoms with van der Waals surface area (Å²) in [5.41, 5.74) is -0.718. The number of hydrogen-bond donors (Lipinski definition) is 0. The minimum Gasteiger partial charge on any atom is -0.387 e. The van der Waals surface area contributed by atoms with Gasteiger partial charge in [-0.3, -0.25) is 4.79 Å². The van der Waals surface area contributed by atoms with Crippen LogP contribution in [0, 0.1) is 5.41 Å². The molecule has 0 amide bonds. The number of ether oxygens (including phenoxy) is 1. The lowest BCUT2D eigenvalue weighted by atomic mass is 9.97. The van der Waals surface area contributed by atoms with Gasteiger partial charge in [-0.05, 0) is 26.8 Å². The third kappa shape index (κ3) is 3.12. The van der Waals surface area contributed by atoms with Gasteiger partial charge in [0, 0.05) is 12.4 Å². The van der Waals surface area contributed by atoms with Gasteiger partial charge >= 0.3 is 11.9 Å². The SMILES string of the molecule is CC(C)(C)C(=O)OC(=O)c1ncccn1. The molecule has 0 N–H and O–H groups in total. The van der Waals surface area contributed by atoms with Crippen molar-refractivity contribution in [3.63, 3.8) is 0 Å². The van der Waals surface area contributed by atoms with Crippen molar-refractivity contribution in [3.05, 3.63) is 24.3 Å². The van der Waals surface area contributed by atoms with Crippen LogP contribution in [0.15, 0.2) is 18.5 Å². The Morgan fingerprint density at radius 3 is 2.20 bits per heavy atom. The number of carbonyl (C=O) groups excluding carboxylic acids is 2. The van der Waals surface area contributed by atoms with E-state index in [2.05, 4.69) is 14.7 Å². The van der Waals surface area contributed by atoms with Gasteiger partial charge in [-0.15, -0.1) is 0 Å². The molecule has 5 heteroatoms. The highest BCUT2D eigenvalue weighted by atomic mass is 16.6. The van der Waals surface area contributed by atoms with E-state index in [1.807, 2.05) is 0 Å². The molecule has 0 aromatic carbocycles. The van der Waals surface area contributed by atoms with Gasteiger partial charge in [0.2, 0.25) is 5.82 Å². The minimum atomic E-state index is -0.824. The van der Waals surface area contributed by atoms with Crippen molar-refractivity contribution >= 4 is 11.9 Å². The highest BCUT2D eigenvalue weighted by Crippen LogP contribution is 2.15. The number of esters is 2. The van der Waals surface area contributed by atoms with Gasteiger partial charge in [0.1, 0.15) is 0 Å². The molecule has 15 heavy (non-hydrogen) atoms. The molecule has 1 rings (SSSR count). The summed E-state index contributed by atoms with van der Waals surface area (Å²) in [5, 5.41) is 0. The molecule has 0 aliphatic carbocycles. The molecule has 0 saturated carbocycles. The van der Waals surface area contributed by atoms with E-state index in [4.69, 9.17) is 0 Å². The van der Waals surface area contributed by atoms with Crippen LogP contribution < -0.4 is 0 Å². The predicted octanol–water partition coefficient (Wildman–Crippen LogP) is 1.21. The second kappa shape index (κ2) is 4.16. The van der Waals surface area contributed by atoms with E-state index in [1.54, 1.807) is 26.8 Å². The minimum absolute atomic E-state index is 0.116. The quantitative estimate of drug-likeness (QED) is 0.512. The molecular formula is C10H12N2O3. The first kappa shape index (κ1) is 11.3. The van der Waals surface area contributed by atoms with Gasteiger partial charge in [0.15, 0.2) is 0 Å². The maximum Gasteiger partial charge on any atom is 0.384 e. The summed E-state index contributed by atoms with van der Waals surface area (Å²) in [6.45, 7) is 4.98. The average Bonchev–Trinajstić information content (AvgIpc) is 2.17. The van der Waals surface area contributed by atoms with Crippen molar-refractivity contribution in [3.8, 4) is 0 Å². The maximum absolute atomic E-state index is 11.3. The van der Waals surface area contributed by atoms with E-state index < -0.39 is 17.4 Å².